The zero-order chi connectivity index (χ0) is 9.28. The Morgan fingerprint density at radius 3 is 1.82 bits per heavy atom. The summed E-state index contributed by atoms with van der Waals surface area (Å²) < 4.78 is 25.9. The minimum Gasteiger partial charge on any atom is -0.266 e. The molecule has 68 valence electrons. The quantitative estimate of drug-likeness (QED) is 0.551. The average molecular weight is 198 g/mol. The topological polar surface area (TPSA) is 43.4 Å². The van der Waals surface area contributed by atoms with E-state index in [2.05, 4.69) is 12.6 Å². The molecule has 0 aromatic heterocycles. The van der Waals surface area contributed by atoms with Crippen LogP contribution in [-0.2, 0) is 14.3 Å². The fourth-order valence-corrected chi connectivity index (χ4v) is 1.24. The molecule has 0 bridgehead atoms. The van der Waals surface area contributed by atoms with Crippen molar-refractivity contribution in [2.45, 2.75) is 37.9 Å². The lowest BCUT2D eigenvalue weighted by atomic mass is 10.5. The van der Waals surface area contributed by atoms with E-state index in [9.17, 15) is 8.42 Å². The van der Waals surface area contributed by atoms with Gasteiger partial charge in [0.15, 0.2) is 0 Å². The molecule has 0 atom stereocenters. The molecule has 0 saturated carbocycles. The second-order valence-electron chi connectivity index (χ2n) is 3.05. The number of rotatable bonds is 3. The molecule has 11 heavy (non-hydrogen) atoms. The van der Waals surface area contributed by atoms with Crippen molar-refractivity contribution in [3.8, 4) is 0 Å². The second kappa shape index (κ2) is 3.33. The summed E-state index contributed by atoms with van der Waals surface area (Å²) in [5.41, 5.74) is 0. The van der Waals surface area contributed by atoms with Crippen LogP contribution in [0.5, 0.6) is 0 Å². The van der Waals surface area contributed by atoms with E-state index in [4.69, 9.17) is 4.18 Å². The summed E-state index contributed by atoms with van der Waals surface area (Å²) in [4.78, 5) is 0. The van der Waals surface area contributed by atoms with Crippen LogP contribution in [0.25, 0.3) is 0 Å². The molecule has 0 amide bonds. The molecule has 0 aliphatic heterocycles. The van der Waals surface area contributed by atoms with Gasteiger partial charge in [0, 0.05) is 0 Å². The monoisotopic (exact) mass is 198 g/mol. The molecule has 3 nitrogen and oxygen atoms in total. The van der Waals surface area contributed by atoms with Crippen LogP contribution in [0.2, 0.25) is 0 Å². The van der Waals surface area contributed by atoms with Crippen LogP contribution in [0.1, 0.15) is 27.7 Å². The summed E-state index contributed by atoms with van der Waals surface area (Å²) in [6.07, 6.45) is -0.327. The van der Waals surface area contributed by atoms with Crippen LogP contribution in [-0.4, -0.2) is 18.6 Å². The Labute approximate surface area is 73.7 Å². The molecule has 0 heterocycles. The normalized spacial score (nSPS) is 14.0. The Bertz CT molecular complexity index is 210. The van der Waals surface area contributed by atoms with E-state index in [1.807, 2.05) is 0 Å². The zero-order valence-corrected chi connectivity index (χ0v) is 8.87. The Hall–Kier alpha value is 0.260. The van der Waals surface area contributed by atoms with Crippen molar-refractivity contribution < 1.29 is 12.6 Å². The summed E-state index contributed by atoms with van der Waals surface area (Å²) in [6.45, 7) is 6.29. The molecule has 0 saturated heterocycles. The fourth-order valence-electron chi connectivity index (χ4n) is 0.371. The van der Waals surface area contributed by atoms with Crippen LogP contribution in [0, 0.1) is 0 Å². The van der Waals surface area contributed by atoms with Crippen molar-refractivity contribution in [3.05, 3.63) is 0 Å². The van der Waals surface area contributed by atoms with Gasteiger partial charge in [-0.05, 0) is 27.7 Å². The van der Waals surface area contributed by atoms with Crippen LogP contribution in [0.4, 0.5) is 0 Å². The van der Waals surface area contributed by atoms with Gasteiger partial charge in [0.2, 0.25) is 0 Å². The maximum Gasteiger partial charge on any atom is 0.282 e. The summed E-state index contributed by atoms with van der Waals surface area (Å²) in [5, 5.41) is 0. The third-order valence-electron chi connectivity index (χ3n) is 0.931. The second-order valence-corrected chi connectivity index (χ2v) is 6.59. The van der Waals surface area contributed by atoms with Crippen molar-refractivity contribution in [1.29, 1.82) is 0 Å². The maximum absolute atomic E-state index is 11.2. The van der Waals surface area contributed by atoms with E-state index in [-0.39, 0.29) is 6.10 Å². The van der Waals surface area contributed by atoms with E-state index in [0.29, 0.717) is 0 Å². The van der Waals surface area contributed by atoms with Crippen molar-refractivity contribution in [1.82, 2.24) is 0 Å². The Balaban J connectivity index is 4.51. The van der Waals surface area contributed by atoms with Gasteiger partial charge >= 0.3 is 0 Å². The summed E-state index contributed by atoms with van der Waals surface area (Å²) >= 11 is 3.90. The van der Waals surface area contributed by atoms with Crippen LogP contribution in [0.3, 0.4) is 0 Å². The molecule has 0 aromatic carbocycles. The van der Waals surface area contributed by atoms with Gasteiger partial charge in [-0.3, -0.25) is 4.18 Å². The lowest BCUT2D eigenvalue weighted by molar-refractivity contribution is 0.244. The van der Waals surface area contributed by atoms with Gasteiger partial charge in [-0.2, -0.15) is 21.0 Å². The molecule has 0 radical (unpaired) electrons. The molecular weight excluding hydrogens is 184 g/mol. The van der Waals surface area contributed by atoms with E-state index >= 15 is 0 Å². The van der Waals surface area contributed by atoms with Crippen molar-refractivity contribution >= 4 is 22.7 Å². The van der Waals surface area contributed by atoms with Crippen molar-refractivity contribution in [2.75, 3.05) is 0 Å². The third kappa shape index (κ3) is 3.44. The van der Waals surface area contributed by atoms with E-state index in [1.54, 1.807) is 13.8 Å². The smallest absolute Gasteiger partial charge is 0.266 e. The summed E-state index contributed by atoms with van der Waals surface area (Å²) in [6, 6.07) is 0. The molecule has 0 aliphatic carbocycles. The molecule has 0 aromatic rings. The van der Waals surface area contributed by atoms with Gasteiger partial charge in [0.25, 0.3) is 10.1 Å². The first-order valence-electron chi connectivity index (χ1n) is 3.32. The zero-order valence-electron chi connectivity index (χ0n) is 7.16. The van der Waals surface area contributed by atoms with Gasteiger partial charge in [-0.25, -0.2) is 0 Å². The molecule has 0 fully saturated rings. The SMILES string of the molecule is CC(C)OS(=O)(=O)C(C)(C)S. The van der Waals surface area contributed by atoms with Gasteiger partial charge < -0.3 is 0 Å². The molecule has 0 rings (SSSR count). The Kier molecular flexibility index (Phi) is 3.41. The van der Waals surface area contributed by atoms with E-state index in [1.165, 1.54) is 13.8 Å². The van der Waals surface area contributed by atoms with Crippen molar-refractivity contribution in [2.24, 2.45) is 0 Å². The minimum atomic E-state index is -3.53. The highest BCUT2D eigenvalue weighted by atomic mass is 32.3. The predicted octanol–water partition coefficient (Wildman–Crippen LogP) is 1.41. The molecule has 0 unspecified atom stereocenters. The maximum atomic E-state index is 11.2. The van der Waals surface area contributed by atoms with Crippen LogP contribution >= 0.6 is 12.6 Å². The highest BCUT2D eigenvalue weighted by molar-refractivity contribution is 8.03. The van der Waals surface area contributed by atoms with Gasteiger partial charge in [-0.1, -0.05) is 0 Å². The predicted molar refractivity (Wildman–Crippen MR) is 48.2 cm³/mol. The van der Waals surface area contributed by atoms with Gasteiger partial charge in [0.1, 0.15) is 4.08 Å². The fraction of sp³-hybridized carbons (Fsp3) is 1.00. The van der Waals surface area contributed by atoms with E-state index in [0.717, 1.165) is 0 Å². The largest absolute Gasteiger partial charge is 0.282 e. The first-order valence-corrected chi connectivity index (χ1v) is 5.17. The van der Waals surface area contributed by atoms with Crippen LogP contribution in [0.15, 0.2) is 0 Å². The van der Waals surface area contributed by atoms with Crippen LogP contribution < -0.4 is 0 Å². The Morgan fingerprint density at radius 2 is 1.73 bits per heavy atom. The molecule has 0 N–H and O–H groups in total. The summed E-state index contributed by atoms with van der Waals surface area (Å²) in [5.74, 6) is 0. The Morgan fingerprint density at radius 1 is 1.36 bits per heavy atom. The highest BCUT2D eigenvalue weighted by Gasteiger charge is 2.31. The minimum absolute atomic E-state index is 0.327. The first-order chi connectivity index (χ1) is 4.67. The molecule has 0 aliphatic rings. The summed E-state index contributed by atoms with van der Waals surface area (Å²) in [7, 11) is -3.53. The van der Waals surface area contributed by atoms with E-state index < -0.39 is 14.2 Å². The lowest BCUT2D eigenvalue weighted by Gasteiger charge is -2.19. The number of thiol groups is 1. The van der Waals surface area contributed by atoms with Gasteiger partial charge in [-0.15, -0.1) is 0 Å². The third-order valence-corrected chi connectivity index (χ3v) is 3.46. The first kappa shape index (κ1) is 11.3. The molecular formula is C6H14O3S2. The molecule has 5 heteroatoms. The molecule has 0 spiro atoms. The number of hydrogen-bond donors (Lipinski definition) is 1. The number of hydrogen-bond acceptors (Lipinski definition) is 4. The van der Waals surface area contributed by atoms with Crippen molar-refractivity contribution in [3.63, 3.8) is 0 Å². The highest BCUT2D eigenvalue weighted by Crippen LogP contribution is 2.23. The standard InChI is InChI=1S/C6H14O3S2/c1-5(2)9-11(7,8)6(3,4)10/h5,10H,1-4H3. The van der Waals surface area contributed by atoms with Gasteiger partial charge in [0.05, 0.1) is 6.10 Å². The average Bonchev–Trinajstić information content (AvgIpc) is 1.56. The lowest BCUT2D eigenvalue weighted by Crippen LogP contribution is -2.29.